The molecule has 3 rings (SSSR count). The molecule has 0 saturated carbocycles. The molecular weight excluding hydrogens is 416 g/mol. The van der Waals surface area contributed by atoms with E-state index in [1.54, 1.807) is 30.3 Å². The molecule has 1 aromatic heterocycles. The molecule has 2 aromatic carbocycles. The van der Waals surface area contributed by atoms with Crippen molar-refractivity contribution in [2.75, 3.05) is 18.5 Å². The first-order valence-corrected chi connectivity index (χ1v) is 11.4. The van der Waals surface area contributed by atoms with Crippen LogP contribution in [0.1, 0.15) is 23.8 Å². The number of benzene rings is 2. The lowest BCUT2D eigenvalue weighted by Crippen LogP contribution is -2.37. The number of amides is 1. The van der Waals surface area contributed by atoms with Gasteiger partial charge in [-0.2, -0.15) is 4.31 Å². The lowest BCUT2D eigenvalue weighted by atomic mass is 10.1. The van der Waals surface area contributed by atoms with Crippen LogP contribution in [-0.4, -0.2) is 31.8 Å². The zero-order valence-electron chi connectivity index (χ0n) is 17.8. The van der Waals surface area contributed by atoms with Gasteiger partial charge in [-0.05, 0) is 68.8 Å². The van der Waals surface area contributed by atoms with Crippen LogP contribution in [0.4, 0.5) is 5.69 Å². The van der Waals surface area contributed by atoms with E-state index in [2.05, 4.69) is 5.32 Å². The standard InChI is InChI=1S/C23H26N2O5S/c1-4-29-19-8-10-21(11-9-19)31(27,28)25(15-20-6-5-13-30-20)16-23(26)24-22-12-7-17(2)14-18(22)3/h5-14H,4,15-16H2,1-3H3,(H,24,26). The zero-order valence-corrected chi connectivity index (χ0v) is 18.6. The number of furan rings is 1. The second-order valence-corrected chi connectivity index (χ2v) is 9.06. The van der Waals surface area contributed by atoms with Gasteiger partial charge in [0.25, 0.3) is 0 Å². The van der Waals surface area contributed by atoms with Crippen molar-refractivity contribution >= 4 is 21.6 Å². The minimum absolute atomic E-state index is 0.0666. The van der Waals surface area contributed by atoms with E-state index in [4.69, 9.17) is 9.15 Å². The maximum atomic E-state index is 13.3. The molecular formula is C23H26N2O5S. The van der Waals surface area contributed by atoms with Crippen LogP contribution in [0.5, 0.6) is 5.75 Å². The van der Waals surface area contributed by atoms with Gasteiger partial charge in [0.15, 0.2) is 0 Å². The molecule has 0 aliphatic heterocycles. The summed E-state index contributed by atoms with van der Waals surface area (Å²) in [5.41, 5.74) is 2.63. The number of nitrogens with one attached hydrogen (secondary N) is 1. The Hall–Kier alpha value is -3.10. The van der Waals surface area contributed by atoms with Crippen molar-refractivity contribution in [3.05, 3.63) is 77.7 Å². The van der Waals surface area contributed by atoms with Crippen molar-refractivity contribution in [2.24, 2.45) is 0 Å². The topological polar surface area (TPSA) is 88.9 Å². The van der Waals surface area contributed by atoms with Gasteiger partial charge in [0.2, 0.25) is 15.9 Å². The average molecular weight is 443 g/mol. The van der Waals surface area contributed by atoms with E-state index in [0.29, 0.717) is 23.8 Å². The van der Waals surface area contributed by atoms with E-state index in [1.165, 1.54) is 18.4 Å². The maximum Gasteiger partial charge on any atom is 0.243 e. The summed E-state index contributed by atoms with van der Waals surface area (Å²) in [6, 6.07) is 15.1. The first-order valence-electron chi connectivity index (χ1n) is 9.92. The SMILES string of the molecule is CCOc1ccc(S(=O)(=O)N(CC(=O)Nc2ccc(C)cc2C)Cc2ccco2)cc1. The molecule has 0 fully saturated rings. The Kier molecular flexibility index (Phi) is 7.14. The lowest BCUT2D eigenvalue weighted by molar-refractivity contribution is -0.116. The number of aryl methyl sites for hydroxylation is 2. The molecule has 7 nitrogen and oxygen atoms in total. The number of carbonyl (C=O) groups excluding carboxylic acids is 1. The molecule has 0 bridgehead atoms. The van der Waals surface area contributed by atoms with E-state index in [-0.39, 0.29) is 18.0 Å². The van der Waals surface area contributed by atoms with Gasteiger partial charge >= 0.3 is 0 Å². The Morgan fingerprint density at radius 1 is 1.10 bits per heavy atom. The third-order valence-electron chi connectivity index (χ3n) is 4.66. The third-order valence-corrected chi connectivity index (χ3v) is 6.47. The Morgan fingerprint density at radius 2 is 1.84 bits per heavy atom. The Morgan fingerprint density at radius 3 is 2.45 bits per heavy atom. The van der Waals surface area contributed by atoms with E-state index in [0.717, 1.165) is 15.4 Å². The highest BCUT2D eigenvalue weighted by molar-refractivity contribution is 7.89. The minimum atomic E-state index is -3.96. The zero-order chi connectivity index (χ0) is 22.4. The summed E-state index contributed by atoms with van der Waals surface area (Å²) in [6.07, 6.45) is 1.47. The van der Waals surface area contributed by atoms with Gasteiger partial charge in [-0.15, -0.1) is 0 Å². The Balaban J connectivity index is 1.83. The molecule has 1 N–H and O–H groups in total. The second-order valence-electron chi connectivity index (χ2n) is 7.12. The summed E-state index contributed by atoms with van der Waals surface area (Å²) in [4.78, 5) is 12.8. The summed E-state index contributed by atoms with van der Waals surface area (Å²) in [7, 11) is -3.96. The van der Waals surface area contributed by atoms with Crippen molar-refractivity contribution < 1.29 is 22.4 Å². The summed E-state index contributed by atoms with van der Waals surface area (Å²) in [5, 5.41) is 2.80. The van der Waals surface area contributed by atoms with E-state index in [1.807, 2.05) is 32.9 Å². The fourth-order valence-corrected chi connectivity index (χ4v) is 4.49. The smallest absolute Gasteiger partial charge is 0.243 e. The molecule has 31 heavy (non-hydrogen) atoms. The highest BCUT2D eigenvalue weighted by Gasteiger charge is 2.28. The van der Waals surface area contributed by atoms with Crippen molar-refractivity contribution in [3.63, 3.8) is 0 Å². The van der Waals surface area contributed by atoms with Gasteiger partial charge in [-0.3, -0.25) is 4.79 Å². The normalized spacial score (nSPS) is 11.5. The first kappa shape index (κ1) is 22.6. The number of ether oxygens (including phenoxy) is 1. The van der Waals surface area contributed by atoms with Crippen molar-refractivity contribution in [1.82, 2.24) is 4.31 Å². The maximum absolute atomic E-state index is 13.3. The second kappa shape index (κ2) is 9.80. The van der Waals surface area contributed by atoms with E-state index < -0.39 is 15.9 Å². The van der Waals surface area contributed by atoms with Crippen molar-refractivity contribution in [3.8, 4) is 5.75 Å². The molecule has 164 valence electrons. The predicted molar refractivity (Wildman–Crippen MR) is 118 cm³/mol. The number of rotatable bonds is 9. The quantitative estimate of drug-likeness (QED) is 0.538. The molecule has 0 aliphatic rings. The van der Waals surface area contributed by atoms with Crippen molar-refractivity contribution in [1.29, 1.82) is 0 Å². The number of sulfonamides is 1. The van der Waals surface area contributed by atoms with Crippen LogP contribution in [0.15, 0.2) is 70.2 Å². The number of hydrogen-bond acceptors (Lipinski definition) is 5. The summed E-state index contributed by atoms with van der Waals surface area (Å²) < 4.78 is 38.4. The molecule has 1 heterocycles. The molecule has 0 saturated heterocycles. The lowest BCUT2D eigenvalue weighted by Gasteiger charge is -2.21. The van der Waals surface area contributed by atoms with Crippen LogP contribution in [0.25, 0.3) is 0 Å². The number of anilines is 1. The fourth-order valence-electron chi connectivity index (χ4n) is 3.13. The predicted octanol–water partition coefficient (Wildman–Crippen LogP) is 4.12. The molecule has 0 spiro atoms. The summed E-state index contributed by atoms with van der Waals surface area (Å²) in [6.45, 7) is 5.76. The van der Waals surface area contributed by atoms with E-state index in [9.17, 15) is 13.2 Å². The fraction of sp³-hybridized carbons (Fsp3) is 0.261. The molecule has 1 amide bonds. The monoisotopic (exact) mass is 442 g/mol. The minimum Gasteiger partial charge on any atom is -0.494 e. The van der Waals surface area contributed by atoms with Crippen LogP contribution in [0.2, 0.25) is 0 Å². The number of nitrogens with zero attached hydrogens (tertiary/aromatic N) is 1. The van der Waals surface area contributed by atoms with Crippen LogP contribution in [0.3, 0.4) is 0 Å². The first-order chi connectivity index (χ1) is 14.8. The third kappa shape index (κ3) is 5.74. The van der Waals surface area contributed by atoms with Gasteiger partial charge in [-0.1, -0.05) is 17.7 Å². The molecule has 8 heteroatoms. The van der Waals surface area contributed by atoms with Crippen LogP contribution in [-0.2, 0) is 21.4 Å². The Labute approximate surface area is 182 Å². The number of carbonyl (C=O) groups is 1. The van der Waals surface area contributed by atoms with Crippen LogP contribution in [0, 0.1) is 13.8 Å². The molecule has 0 aliphatic carbocycles. The van der Waals surface area contributed by atoms with Gasteiger partial charge in [0.05, 0.1) is 30.9 Å². The molecule has 0 unspecified atom stereocenters. The van der Waals surface area contributed by atoms with Gasteiger partial charge < -0.3 is 14.5 Å². The molecule has 0 radical (unpaired) electrons. The summed E-state index contributed by atoms with van der Waals surface area (Å²) in [5.74, 6) is 0.577. The van der Waals surface area contributed by atoms with E-state index >= 15 is 0 Å². The molecule has 3 aromatic rings. The highest BCUT2D eigenvalue weighted by Crippen LogP contribution is 2.22. The highest BCUT2D eigenvalue weighted by atomic mass is 32.2. The largest absolute Gasteiger partial charge is 0.494 e. The summed E-state index contributed by atoms with van der Waals surface area (Å²) >= 11 is 0. The Bertz CT molecular complexity index is 1120. The van der Waals surface area contributed by atoms with Gasteiger partial charge in [0, 0.05) is 5.69 Å². The van der Waals surface area contributed by atoms with Crippen LogP contribution < -0.4 is 10.1 Å². The van der Waals surface area contributed by atoms with Crippen LogP contribution >= 0.6 is 0 Å². The van der Waals surface area contributed by atoms with Gasteiger partial charge in [0.1, 0.15) is 11.5 Å². The number of hydrogen-bond donors (Lipinski definition) is 1. The van der Waals surface area contributed by atoms with Gasteiger partial charge in [-0.25, -0.2) is 8.42 Å². The van der Waals surface area contributed by atoms with Crippen molar-refractivity contribution in [2.45, 2.75) is 32.2 Å². The molecule has 0 atom stereocenters. The average Bonchev–Trinajstić information content (AvgIpc) is 3.23.